The molecule has 0 aliphatic heterocycles. The van der Waals surface area contributed by atoms with Crippen LogP contribution in [-0.4, -0.2) is 36.9 Å². The monoisotopic (exact) mass is 402 g/mol. The number of hydrogen-bond acceptors (Lipinski definition) is 6. The third kappa shape index (κ3) is 4.95. The molecule has 1 N–H and O–H groups in total. The van der Waals surface area contributed by atoms with Crippen molar-refractivity contribution >= 4 is 17.5 Å². The van der Waals surface area contributed by atoms with E-state index in [1.165, 1.54) is 22.7 Å². The Hall–Kier alpha value is -3.30. The van der Waals surface area contributed by atoms with E-state index in [-0.39, 0.29) is 18.4 Å². The molecule has 0 fully saturated rings. The Labute approximate surface area is 166 Å². The quantitative estimate of drug-likeness (QED) is 0.650. The normalized spacial score (nSPS) is 11.4. The third-order valence-electron chi connectivity index (χ3n) is 3.95. The Morgan fingerprint density at radius 2 is 2.00 bits per heavy atom. The van der Waals surface area contributed by atoms with Crippen molar-refractivity contribution < 1.29 is 13.9 Å². The van der Waals surface area contributed by atoms with E-state index < -0.39 is 17.3 Å². The Bertz CT molecular complexity index is 1090. The third-order valence-corrected chi connectivity index (χ3v) is 3.95. The van der Waals surface area contributed by atoms with Crippen LogP contribution < -0.4 is 15.6 Å². The fourth-order valence-electron chi connectivity index (χ4n) is 2.59. The highest BCUT2D eigenvalue weighted by Crippen LogP contribution is 2.22. The summed E-state index contributed by atoms with van der Waals surface area (Å²) in [6.07, 6.45) is 1.15. The molecule has 154 valence electrons. The van der Waals surface area contributed by atoms with Crippen molar-refractivity contribution in [3.63, 3.8) is 0 Å². The Morgan fingerprint density at radius 1 is 1.24 bits per heavy atom. The van der Waals surface area contributed by atoms with Gasteiger partial charge in [0.1, 0.15) is 23.8 Å². The minimum absolute atomic E-state index is 0.00192. The van der Waals surface area contributed by atoms with Crippen molar-refractivity contribution in [2.75, 3.05) is 11.9 Å². The van der Waals surface area contributed by atoms with E-state index in [9.17, 15) is 14.0 Å². The van der Waals surface area contributed by atoms with Gasteiger partial charge in [-0.25, -0.2) is 13.6 Å². The summed E-state index contributed by atoms with van der Waals surface area (Å²) in [5.74, 6) is -0.260. The standard InChI is InChI=1S/C19H23FN6O3/c1-11(2)10-29-14-7-17(28)26(23-18(14)12(3)4)9-16(27)22-19-21-15-6-5-13(20)8-25(15)24-19/h5-8,11-12H,9-10H2,1-4H3,(H,22,24,27). The molecule has 3 aromatic rings. The van der Waals surface area contributed by atoms with Crippen LogP contribution in [0.3, 0.4) is 0 Å². The van der Waals surface area contributed by atoms with Gasteiger partial charge in [0.15, 0.2) is 5.65 Å². The van der Waals surface area contributed by atoms with Crippen LogP contribution in [0.5, 0.6) is 5.75 Å². The lowest BCUT2D eigenvalue weighted by molar-refractivity contribution is -0.117. The van der Waals surface area contributed by atoms with Gasteiger partial charge < -0.3 is 4.74 Å². The number of anilines is 1. The van der Waals surface area contributed by atoms with E-state index in [0.717, 1.165) is 10.9 Å². The predicted molar refractivity (Wildman–Crippen MR) is 104 cm³/mol. The number of rotatable bonds is 7. The largest absolute Gasteiger partial charge is 0.491 e. The minimum atomic E-state index is -0.526. The molecule has 10 heteroatoms. The molecular formula is C19H23FN6O3. The molecule has 0 bridgehead atoms. The van der Waals surface area contributed by atoms with Crippen LogP contribution >= 0.6 is 0 Å². The number of ether oxygens (including phenoxy) is 1. The van der Waals surface area contributed by atoms with Crippen LogP contribution in [0, 0.1) is 11.7 Å². The SMILES string of the molecule is CC(C)COc1cc(=O)n(CC(=O)Nc2nc3ccc(F)cn3n2)nc1C(C)C. The van der Waals surface area contributed by atoms with Gasteiger partial charge in [0.25, 0.3) is 5.56 Å². The smallest absolute Gasteiger partial charge is 0.270 e. The van der Waals surface area contributed by atoms with E-state index in [4.69, 9.17) is 4.74 Å². The van der Waals surface area contributed by atoms with Crippen LogP contribution in [0.15, 0.2) is 29.2 Å². The van der Waals surface area contributed by atoms with Gasteiger partial charge in [-0.2, -0.15) is 10.1 Å². The molecule has 0 spiro atoms. The van der Waals surface area contributed by atoms with Crippen LogP contribution in [0.4, 0.5) is 10.3 Å². The van der Waals surface area contributed by atoms with E-state index in [1.807, 2.05) is 27.7 Å². The second-order valence-corrected chi connectivity index (χ2v) is 7.38. The number of nitrogens with one attached hydrogen (secondary N) is 1. The van der Waals surface area contributed by atoms with Gasteiger partial charge in [-0.3, -0.25) is 14.9 Å². The second-order valence-electron chi connectivity index (χ2n) is 7.38. The summed E-state index contributed by atoms with van der Waals surface area (Å²) in [4.78, 5) is 28.8. The molecule has 0 unspecified atom stereocenters. The molecule has 29 heavy (non-hydrogen) atoms. The molecule has 1 amide bonds. The average molecular weight is 402 g/mol. The summed E-state index contributed by atoms with van der Waals surface area (Å²) >= 11 is 0. The van der Waals surface area contributed by atoms with Gasteiger partial charge in [-0.05, 0) is 18.1 Å². The number of halogens is 1. The van der Waals surface area contributed by atoms with Gasteiger partial charge in [-0.1, -0.05) is 27.7 Å². The van der Waals surface area contributed by atoms with Gasteiger partial charge >= 0.3 is 0 Å². The number of carbonyl (C=O) groups is 1. The molecule has 0 radical (unpaired) electrons. The number of amides is 1. The molecule has 0 aromatic carbocycles. The van der Waals surface area contributed by atoms with Gasteiger partial charge in [0.2, 0.25) is 11.9 Å². The van der Waals surface area contributed by atoms with Crippen LogP contribution in [0.2, 0.25) is 0 Å². The molecule has 9 nitrogen and oxygen atoms in total. The summed E-state index contributed by atoms with van der Waals surface area (Å²) in [7, 11) is 0. The van der Waals surface area contributed by atoms with E-state index in [0.29, 0.717) is 29.6 Å². The molecule has 0 aliphatic rings. The van der Waals surface area contributed by atoms with Crippen molar-refractivity contribution in [1.29, 1.82) is 0 Å². The van der Waals surface area contributed by atoms with Gasteiger partial charge in [-0.15, -0.1) is 5.10 Å². The van der Waals surface area contributed by atoms with Gasteiger partial charge in [0.05, 0.1) is 12.8 Å². The number of hydrogen-bond donors (Lipinski definition) is 1. The fourth-order valence-corrected chi connectivity index (χ4v) is 2.59. The van der Waals surface area contributed by atoms with Crippen LogP contribution in [0.25, 0.3) is 5.65 Å². The highest BCUT2D eigenvalue weighted by Gasteiger charge is 2.16. The van der Waals surface area contributed by atoms with Crippen LogP contribution in [0.1, 0.15) is 39.3 Å². The summed E-state index contributed by atoms with van der Waals surface area (Å²) in [5.41, 5.74) is 0.526. The highest BCUT2D eigenvalue weighted by atomic mass is 19.1. The predicted octanol–water partition coefficient (Wildman–Crippen LogP) is 2.22. The summed E-state index contributed by atoms with van der Waals surface area (Å²) in [6, 6.07) is 4.04. The van der Waals surface area contributed by atoms with E-state index >= 15 is 0 Å². The number of pyridine rings is 1. The molecule has 0 atom stereocenters. The first-order chi connectivity index (χ1) is 13.7. The zero-order valence-electron chi connectivity index (χ0n) is 16.7. The second kappa shape index (κ2) is 8.38. The maximum Gasteiger partial charge on any atom is 0.270 e. The first-order valence-electron chi connectivity index (χ1n) is 9.29. The van der Waals surface area contributed by atoms with Gasteiger partial charge in [0, 0.05) is 12.0 Å². The highest BCUT2D eigenvalue weighted by molar-refractivity contribution is 5.88. The first kappa shape index (κ1) is 20.4. The first-order valence-corrected chi connectivity index (χ1v) is 9.29. The molecule has 0 saturated heterocycles. The number of aromatic nitrogens is 5. The van der Waals surface area contributed by atoms with Crippen molar-refractivity contribution in [3.05, 3.63) is 46.3 Å². The van der Waals surface area contributed by atoms with Crippen LogP contribution in [-0.2, 0) is 11.3 Å². The molecule has 0 aliphatic carbocycles. The molecular weight excluding hydrogens is 379 g/mol. The van der Waals surface area contributed by atoms with Crippen molar-refractivity contribution in [2.24, 2.45) is 5.92 Å². The number of fused-ring (bicyclic) bond motifs is 1. The lowest BCUT2D eigenvalue weighted by Crippen LogP contribution is -2.31. The summed E-state index contributed by atoms with van der Waals surface area (Å²) in [6.45, 7) is 8.03. The van der Waals surface area contributed by atoms with Crippen molar-refractivity contribution in [3.8, 4) is 5.75 Å². The average Bonchev–Trinajstić information content (AvgIpc) is 3.02. The van der Waals surface area contributed by atoms with E-state index in [1.54, 1.807) is 0 Å². The Kier molecular flexibility index (Phi) is 5.90. The maximum atomic E-state index is 13.2. The summed E-state index contributed by atoms with van der Waals surface area (Å²) < 4.78 is 21.2. The zero-order valence-corrected chi connectivity index (χ0v) is 16.7. The fraction of sp³-hybridized carbons (Fsp3) is 0.421. The Morgan fingerprint density at radius 3 is 2.69 bits per heavy atom. The minimum Gasteiger partial charge on any atom is -0.491 e. The topological polar surface area (TPSA) is 103 Å². The summed E-state index contributed by atoms with van der Waals surface area (Å²) in [5, 5.41) is 10.8. The molecule has 3 rings (SSSR count). The lowest BCUT2D eigenvalue weighted by Gasteiger charge is -2.16. The lowest BCUT2D eigenvalue weighted by atomic mass is 10.1. The molecule has 3 aromatic heterocycles. The van der Waals surface area contributed by atoms with E-state index in [2.05, 4.69) is 20.5 Å². The molecule has 3 heterocycles. The maximum absolute atomic E-state index is 13.2. The Balaban J connectivity index is 1.78. The van der Waals surface area contributed by atoms with Crippen molar-refractivity contribution in [1.82, 2.24) is 24.4 Å². The number of carbonyl (C=O) groups excluding carboxylic acids is 1. The zero-order chi connectivity index (χ0) is 21.1. The van der Waals surface area contributed by atoms with Crippen molar-refractivity contribution in [2.45, 2.75) is 40.2 Å². The number of nitrogens with zero attached hydrogens (tertiary/aromatic N) is 5. The molecule has 0 saturated carbocycles.